The van der Waals surface area contributed by atoms with Gasteiger partial charge in [-0.3, -0.25) is 0 Å². The van der Waals surface area contributed by atoms with Gasteiger partial charge in [0.2, 0.25) is 0 Å². The van der Waals surface area contributed by atoms with Gasteiger partial charge in [0, 0.05) is 32.2 Å². The first-order valence-corrected chi connectivity index (χ1v) is 6.43. The molecule has 123 valence electrons. The molecule has 0 bridgehead atoms. The van der Waals surface area contributed by atoms with E-state index in [0.29, 0.717) is 24.2 Å². The zero-order chi connectivity index (χ0) is 12.9. The first-order chi connectivity index (χ1) is 7.25. The van der Waals surface area contributed by atoms with Crippen LogP contribution in [0, 0.1) is 14.9 Å². The summed E-state index contributed by atoms with van der Waals surface area (Å²) in [7, 11) is 0. The molecule has 0 aromatic heterocycles. The van der Waals surface area contributed by atoms with E-state index in [1.807, 2.05) is 0 Å². The molecule has 0 fully saturated rings. The molecule has 0 rings (SSSR count). The Labute approximate surface area is 136 Å². The fraction of sp³-hybridized carbons (Fsp3) is 0.867. The molecule has 0 saturated heterocycles. The van der Waals surface area contributed by atoms with Crippen LogP contribution in [0.1, 0.15) is 55.4 Å². The fourth-order valence-electron chi connectivity index (χ4n) is 1.86. The van der Waals surface area contributed by atoms with Crippen LogP contribution >= 0.6 is 0 Å². The zero-order valence-electron chi connectivity index (χ0n) is 14.6. The van der Waals surface area contributed by atoms with Gasteiger partial charge in [0.1, 0.15) is 0 Å². The van der Waals surface area contributed by atoms with Crippen molar-refractivity contribution in [3.05, 3.63) is 25.5 Å². The van der Waals surface area contributed by atoms with Crippen molar-refractivity contribution >= 4 is 0 Å². The van der Waals surface area contributed by atoms with Crippen LogP contribution in [0.4, 0.5) is 0 Å². The molecule has 0 unspecified atom stereocenters. The molecule has 0 amide bonds. The molecule has 19 heavy (non-hydrogen) atoms. The molecule has 0 N–H and O–H groups in total. The van der Waals surface area contributed by atoms with Gasteiger partial charge >= 0.3 is 0 Å². The van der Waals surface area contributed by atoms with Crippen molar-refractivity contribution in [2.75, 3.05) is 0 Å². The van der Waals surface area contributed by atoms with Crippen LogP contribution in [0.25, 0.3) is 10.6 Å². The predicted octanol–water partition coefficient (Wildman–Crippen LogP) is 4.85. The second-order valence-electron chi connectivity index (χ2n) is 5.47. The molecule has 0 aliphatic rings. The van der Waals surface area contributed by atoms with Crippen LogP contribution in [0.15, 0.2) is 0 Å². The quantitative estimate of drug-likeness (QED) is 0.511. The Morgan fingerprint density at radius 2 is 0.895 bits per heavy atom. The molecule has 0 atom stereocenters. The van der Waals surface area contributed by atoms with Crippen molar-refractivity contribution in [2.45, 2.75) is 85.8 Å². The molecule has 3 nitrogen and oxygen atoms in total. The summed E-state index contributed by atoms with van der Waals surface area (Å²) in [6.07, 6.45) is -0.000000000000000444. The predicted molar refractivity (Wildman–Crippen MR) is 85.7 cm³/mol. The summed E-state index contributed by atoms with van der Waals surface area (Å²) in [5, 5.41) is 9.44. The Bertz CT molecular complexity index is 164. The topological polar surface area (TPSA) is 31.4 Å². The van der Waals surface area contributed by atoms with Crippen LogP contribution in [-0.2, 0) is 20.1 Å². The minimum atomic E-state index is -0.000000000000000444. The SMILES string of the molecule is CC(C)[N-]C([N-]C(C)C)N(C(C)C)C(C)C.[CH3-].[CH3-].[Ir]. The van der Waals surface area contributed by atoms with E-state index in [-0.39, 0.29) is 41.2 Å². The molecular formula is C15H35IrN3-4. The van der Waals surface area contributed by atoms with Crippen molar-refractivity contribution in [1.29, 1.82) is 0 Å². The standard InChI is InChI=1S/C13H29N3.2CH3.Ir/c1-9(2)14-13(15-10(3)4)16(11(5)6)12(7)8;;;/h9-13H,1-8H3;2*1H3;/q-2;2*-1;. The molecule has 0 aromatic rings. The summed E-state index contributed by atoms with van der Waals surface area (Å²) in [6.45, 7) is 17.3. The maximum Gasteiger partial charge on any atom is 0.000655 e. The molecular weight excluding hydrogens is 414 g/mol. The smallest absolute Gasteiger partial charge is 0.000655 e. The van der Waals surface area contributed by atoms with E-state index < -0.39 is 0 Å². The van der Waals surface area contributed by atoms with Gasteiger partial charge < -0.3 is 30.4 Å². The van der Waals surface area contributed by atoms with E-state index >= 15 is 0 Å². The maximum atomic E-state index is 4.72. The van der Waals surface area contributed by atoms with Gasteiger partial charge in [0.05, 0.1) is 0 Å². The molecule has 0 aliphatic heterocycles. The summed E-state index contributed by atoms with van der Waals surface area (Å²) in [5.74, 6) is 0. The monoisotopic (exact) mass is 450 g/mol. The third-order valence-electron chi connectivity index (χ3n) is 2.32. The molecule has 1 radical (unpaired) electrons. The molecule has 0 aromatic carbocycles. The van der Waals surface area contributed by atoms with Gasteiger partial charge in [0.25, 0.3) is 0 Å². The van der Waals surface area contributed by atoms with Crippen molar-refractivity contribution in [3.8, 4) is 0 Å². The zero-order valence-corrected chi connectivity index (χ0v) is 17.0. The third kappa shape index (κ3) is 12.0. The summed E-state index contributed by atoms with van der Waals surface area (Å²) in [5.41, 5.74) is 0. The molecule has 0 saturated carbocycles. The second-order valence-corrected chi connectivity index (χ2v) is 5.47. The van der Waals surface area contributed by atoms with Gasteiger partial charge in [-0.1, -0.05) is 27.7 Å². The van der Waals surface area contributed by atoms with E-state index in [4.69, 9.17) is 10.6 Å². The summed E-state index contributed by atoms with van der Waals surface area (Å²) in [6, 6.07) is 1.59. The van der Waals surface area contributed by atoms with Crippen molar-refractivity contribution < 1.29 is 20.1 Å². The second kappa shape index (κ2) is 13.5. The van der Waals surface area contributed by atoms with Gasteiger partial charge in [-0.15, -0.1) is 12.1 Å². The van der Waals surface area contributed by atoms with E-state index in [0.717, 1.165) is 0 Å². The number of nitrogens with zero attached hydrogens (tertiary/aromatic N) is 3. The third-order valence-corrected chi connectivity index (χ3v) is 2.32. The van der Waals surface area contributed by atoms with E-state index in [1.165, 1.54) is 0 Å². The average Bonchev–Trinajstić information content (AvgIpc) is 1.98. The van der Waals surface area contributed by atoms with Crippen LogP contribution < -0.4 is 0 Å². The van der Waals surface area contributed by atoms with Crippen molar-refractivity contribution in [2.24, 2.45) is 0 Å². The summed E-state index contributed by atoms with van der Waals surface area (Å²) in [4.78, 5) is 2.36. The van der Waals surface area contributed by atoms with E-state index in [2.05, 4.69) is 60.3 Å². The maximum absolute atomic E-state index is 4.72. The molecule has 0 aliphatic carbocycles. The van der Waals surface area contributed by atoms with E-state index in [9.17, 15) is 0 Å². The minimum absolute atomic E-state index is 0. The van der Waals surface area contributed by atoms with Gasteiger partial charge in [-0.2, -0.15) is 6.29 Å². The van der Waals surface area contributed by atoms with Crippen LogP contribution in [0.2, 0.25) is 0 Å². The van der Waals surface area contributed by atoms with Crippen LogP contribution in [0.3, 0.4) is 0 Å². The normalized spacial score (nSPS) is 11.1. The number of rotatable bonds is 7. The Balaban J connectivity index is -0.000000375. The first kappa shape index (κ1) is 27.8. The molecule has 0 heterocycles. The van der Waals surface area contributed by atoms with Gasteiger partial charge in [-0.25, -0.2) is 0 Å². The summed E-state index contributed by atoms with van der Waals surface area (Å²) >= 11 is 0. The number of hydrogen-bond acceptors (Lipinski definition) is 1. The Kier molecular flexibility index (Phi) is 19.8. The summed E-state index contributed by atoms with van der Waals surface area (Å²) < 4.78 is 0. The van der Waals surface area contributed by atoms with Crippen LogP contribution in [0.5, 0.6) is 0 Å². The van der Waals surface area contributed by atoms with Crippen molar-refractivity contribution in [3.63, 3.8) is 0 Å². The van der Waals surface area contributed by atoms with Gasteiger partial charge in [-0.05, 0) is 27.7 Å². The fourth-order valence-corrected chi connectivity index (χ4v) is 1.86. The molecule has 4 heteroatoms. The number of hydrogen-bond donors (Lipinski definition) is 0. The van der Waals surface area contributed by atoms with Crippen molar-refractivity contribution in [1.82, 2.24) is 4.90 Å². The Morgan fingerprint density at radius 1 is 0.632 bits per heavy atom. The first-order valence-electron chi connectivity index (χ1n) is 6.43. The Hall–Kier alpha value is 0.529. The Morgan fingerprint density at radius 3 is 1.05 bits per heavy atom. The van der Waals surface area contributed by atoms with Crippen LogP contribution in [-0.4, -0.2) is 35.4 Å². The minimum Gasteiger partial charge on any atom is -0.663 e. The van der Waals surface area contributed by atoms with Gasteiger partial charge in [0.15, 0.2) is 0 Å². The molecule has 0 spiro atoms. The largest absolute Gasteiger partial charge is 0.663 e. The van der Waals surface area contributed by atoms with E-state index in [1.54, 1.807) is 0 Å². The average molecular weight is 450 g/mol.